The molecule has 3 N–H and O–H groups in total. The van der Waals surface area contributed by atoms with Gasteiger partial charge in [0.05, 0.1) is 10.5 Å². The molecule has 0 radical (unpaired) electrons. The van der Waals surface area contributed by atoms with Gasteiger partial charge in [0, 0.05) is 16.8 Å². The van der Waals surface area contributed by atoms with Crippen LogP contribution >= 0.6 is 11.8 Å². The number of amides is 1. The number of aryl methyl sites for hydroxylation is 1. The number of benzene rings is 2. The number of carbonyl (C=O) groups is 2. The topological polar surface area (TPSA) is 128 Å². The van der Waals surface area contributed by atoms with Crippen molar-refractivity contribution in [1.82, 2.24) is 4.98 Å². The molecule has 0 saturated heterocycles. The van der Waals surface area contributed by atoms with Crippen LogP contribution in [0.3, 0.4) is 0 Å². The quantitative estimate of drug-likeness (QED) is 0.522. The fourth-order valence-electron chi connectivity index (χ4n) is 2.62. The number of primary sulfonamides is 1. The Kier molecular flexibility index (Phi) is 7.06. The van der Waals surface area contributed by atoms with Gasteiger partial charge in [0.25, 0.3) is 5.91 Å². The predicted octanol–water partition coefficient (Wildman–Crippen LogP) is 2.98. The van der Waals surface area contributed by atoms with E-state index in [9.17, 15) is 18.0 Å². The van der Waals surface area contributed by atoms with Gasteiger partial charge in [0.2, 0.25) is 10.0 Å². The van der Waals surface area contributed by atoms with Crippen LogP contribution in [0, 0.1) is 6.92 Å². The Bertz CT molecular complexity index is 1210. The highest BCUT2D eigenvalue weighted by atomic mass is 32.2. The zero-order chi connectivity index (χ0) is 22.4. The number of hydrogen-bond acceptors (Lipinski definition) is 7. The van der Waals surface area contributed by atoms with E-state index in [-0.39, 0.29) is 16.1 Å². The summed E-state index contributed by atoms with van der Waals surface area (Å²) in [4.78, 5) is 29.7. The average molecular weight is 458 g/mol. The third-order valence-corrected chi connectivity index (χ3v) is 6.14. The number of ether oxygens (including phenoxy) is 1. The largest absolute Gasteiger partial charge is 0.452 e. The molecular formula is C21H19N3O5S2. The maximum absolute atomic E-state index is 12.5. The highest BCUT2D eigenvalue weighted by Gasteiger charge is 2.17. The molecule has 0 unspecified atom stereocenters. The molecule has 2 aromatic carbocycles. The van der Waals surface area contributed by atoms with E-state index in [0.717, 1.165) is 4.90 Å². The smallest absolute Gasteiger partial charge is 0.341 e. The lowest BCUT2D eigenvalue weighted by molar-refractivity contribution is -0.119. The number of rotatable bonds is 7. The molecule has 160 valence electrons. The molecular weight excluding hydrogens is 438 g/mol. The first kappa shape index (κ1) is 22.5. The van der Waals surface area contributed by atoms with Crippen LogP contribution in [0.15, 0.2) is 81.7 Å². The van der Waals surface area contributed by atoms with Crippen molar-refractivity contribution in [3.8, 4) is 0 Å². The Morgan fingerprint density at radius 1 is 1.10 bits per heavy atom. The van der Waals surface area contributed by atoms with E-state index < -0.39 is 28.5 Å². The lowest BCUT2D eigenvalue weighted by Crippen LogP contribution is -2.22. The summed E-state index contributed by atoms with van der Waals surface area (Å²) in [5, 5.41) is 8.11. The van der Waals surface area contributed by atoms with Gasteiger partial charge >= 0.3 is 5.97 Å². The SMILES string of the molecule is Cc1ccc(NC(=O)COC(=O)c2cccnc2Sc2ccccc2)cc1S(N)(=O)=O. The van der Waals surface area contributed by atoms with Crippen LogP contribution in [-0.4, -0.2) is 31.9 Å². The summed E-state index contributed by atoms with van der Waals surface area (Å²) in [6, 6.07) is 16.9. The third-order valence-electron chi connectivity index (χ3n) is 4.06. The summed E-state index contributed by atoms with van der Waals surface area (Å²) in [6.45, 7) is 1.04. The Hall–Kier alpha value is -3.21. The Morgan fingerprint density at radius 3 is 2.55 bits per heavy atom. The van der Waals surface area contributed by atoms with Gasteiger partial charge in [-0.2, -0.15) is 0 Å². The molecule has 1 aromatic heterocycles. The predicted molar refractivity (Wildman–Crippen MR) is 116 cm³/mol. The summed E-state index contributed by atoms with van der Waals surface area (Å²) in [6.07, 6.45) is 1.56. The first-order chi connectivity index (χ1) is 14.7. The second-order valence-corrected chi connectivity index (χ2v) is 9.01. The van der Waals surface area contributed by atoms with Crippen molar-refractivity contribution in [2.45, 2.75) is 21.7 Å². The molecule has 3 aromatic rings. The standard InChI is InChI=1S/C21H19N3O5S2/c1-14-9-10-15(12-18(14)31(22,27)28)24-19(25)13-29-21(26)17-8-5-11-23-20(17)30-16-6-3-2-4-7-16/h2-12H,13H2,1H3,(H,24,25)(H2,22,27,28). The van der Waals surface area contributed by atoms with E-state index >= 15 is 0 Å². The summed E-state index contributed by atoms with van der Waals surface area (Å²) in [5.41, 5.74) is 0.903. The summed E-state index contributed by atoms with van der Waals surface area (Å²) < 4.78 is 28.3. The van der Waals surface area contributed by atoms with E-state index in [1.54, 1.807) is 25.3 Å². The fourth-order valence-corrected chi connectivity index (χ4v) is 4.32. The van der Waals surface area contributed by atoms with Crippen molar-refractivity contribution in [2.75, 3.05) is 11.9 Å². The van der Waals surface area contributed by atoms with Gasteiger partial charge in [-0.05, 0) is 48.9 Å². The zero-order valence-corrected chi connectivity index (χ0v) is 18.1. The van der Waals surface area contributed by atoms with Crippen LogP contribution in [0.5, 0.6) is 0 Å². The molecule has 0 atom stereocenters. The van der Waals surface area contributed by atoms with Crippen LogP contribution in [-0.2, 0) is 19.6 Å². The van der Waals surface area contributed by atoms with Gasteiger partial charge in [0.1, 0.15) is 5.03 Å². The van der Waals surface area contributed by atoms with Crippen LogP contribution < -0.4 is 10.5 Å². The van der Waals surface area contributed by atoms with Crippen molar-refractivity contribution in [2.24, 2.45) is 5.14 Å². The number of hydrogen-bond donors (Lipinski definition) is 2. The summed E-state index contributed by atoms with van der Waals surface area (Å²) in [5.74, 6) is -1.32. The van der Waals surface area contributed by atoms with Crippen molar-refractivity contribution < 1.29 is 22.7 Å². The number of nitrogens with one attached hydrogen (secondary N) is 1. The maximum Gasteiger partial charge on any atom is 0.341 e. The minimum Gasteiger partial charge on any atom is -0.452 e. The molecule has 0 spiro atoms. The molecule has 0 fully saturated rings. The van der Waals surface area contributed by atoms with Gasteiger partial charge in [-0.15, -0.1) is 0 Å². The third kappa shape index (κ3) is 6.14. The molecule has 0 aliphatic heterocycles. The first-order valence-electron chi connectivity index (χ1n) is 9.02. The highest BCUT2D eigenvalue weighted by Crippen LogP contribution is 2.28. The van der Waals surface area contributed by atoms with Crippen LogP contribution in [0.2, 0.25) is 0 Å². The lowest BCUT2D eigenvalue weighted by Gasteiger charge is -2.10. The number of nitrogens with zero attached hydrogens (tertiary/aromatic N) is 1. The van der Waals surface area contributed by atoms with Gasteiger partial charge < -0.3 is 10.1 Å². The maximum atomic E-state index is 12.5. The van der Waals surface area contributed by atoms with E-state index in [4.69, 9.17) is 9.88 Å². The zero-order valence-electron chi connectivity index (χ0n) is 16.4. The lowest BCUT2D eigenvalue weighted by atomic mass is 10.2. The van der Waals surface area contributed by atoms with Crippen LogP contribution in [0.25, 0.3) is 0 Å². The molecule has 1 heterocycles. The molecule has 10 heteroatoms. The molecule has 1 amide bonds. The number of carbonyl (C=O) groups excluding carboxylic acids is 2. The molecule has 31 heavy (non-hydrogen) atoms. The van der Waals surface area contributed by atoms with Crippen molar-refractivity contribution >= 4 is 39.3 Å². The molecule has 0 aliphatic rings. The molecule has 0 saturated carbocycles. The van der Waals surface area contributed by atoms with Crippen molar-refractivity contribution in [3.63, 3.8) is 0 Å². The highest BCUT2D eigenvalue weighted by molar-refractivity contribution is 7.99. The fraction of sp³-hybridized carbons (Fsp3) is 0.0952. The first-order valence-corrected chi connectivity index (χ1v) is 11.4. The Morgan fingerprint density at radius 2 is 1.84 bits per heavy atom. The van der Waals surface area contributed by atoms with Crippen molar-refractivity contribution in [1.29, 1.82) is 0 Å². The number of pyridine rings is 1. The number of sulfonamides is 1. The van der Waals surface area contributed by atoms with Gasteiger partial charge in [-0.25, -0.2) is 23.3 Å². The second kappa shape index (κ2) is 9.73. The minimum atomic E-state index is -3.93. The number of anilines is 1. The number of aromatic nitrogens is 1. The number of nitrogens with two attached hydrogens (primary N) is 1. The van der Waals surface area contributed by atoms with E-state index in [1.807, 2.05) is 30.3 Å². The molecule has 8 nitrogen and oxygen atoms in total. The van der Waals surface area contributed by atoms with Gasteiger partial charge in [0.15, 0.2) is 6.61 Å². The normalized spacial score (nSPS) is 11.0. The molecule has 3 rings (SSSR count). The number of esters is 1. The van der Waals surface area contributed by atoms with Crippen LogP contribution in [0.4, 0.5) is 5.69 Å². The van der Waals surface area contributed by atoms with Gasteiger partial charge in [-0.1, -0.05) is 36.0 Å². The van der Waals surface area contributed by atoms with Crippen LogP contribution in [0.1, 0.15) is 15.9 Å². The minimum absolute atomic E-state index is 0.0970. The summed E-state index contributed by atoms with van der Waals surface area (Å²) >= 11 is 1.30. The second-order valence-electron chi connectivity index (χ2n) is 6.42. The van der Waals surface area contributed by atoms with Crippen molar-refractivity contribution in [3.05, 3.63) is 78.0 Å². The van der Waals surface area contributed by atoms with E-state index in [2.05, 4.69) is 10.3 Å². The molecule has 0 bridgehead atoms. The summed E-state index contributed by atoms with van der Waals surface area (Å²) in [7, 11) is -3.93. The van der Waals surface area contributed by atoms with E-state index in [0.29, 0.717) is 10.6 Å². The molecule has 0 aliphatic carbocycles. The van der Waals surface area contributed by atoms with E-state index in [1.165, 1.54) is 30.0 Å². The average Bonchev–Trinajstić information content (AvgIpc) is 2.74. The monoisotopic (exact) mass is 457 g/mol. The van der Waals surface area contributed by atoms with Gasteiger partial charge in [-0.3, -0.25) is 4.79 Å². The Balaban J connectivity index is 1.65. The Labute approximate surface area is 183 Å².